The molecule has 1 heterocycles. The van der Waals surface area contributed by atoms with Gasteiger partial charge in [-0.1, -0.05) is 32.0 Å². The number of halogens is 1. The van der Waals surface area contributed by atoms with Crippen LogP contribution in [0.2, 0.25) is 0 Å². The molecule has 0 aromatic heterocycles. The lowest BCUT2D eigenvalue weighted by molar-refractivity contribution is -0.199. The van der Waals surface area contributed by atoms with Crippen molar-refractivity contribution in [2.45, 2.75) is 56.9 Å². The quantitative estimate of drug-likeness (QED) is 0.429. The number of ether oxygens (including phenoxy) is 2. The summed E-state index contributed by atoms with van der Waals surface area (Å²) in [5.74, 6) is 1.26. The molecule has 4 nitrogen and oxygen atoms in total. The van der Waals surface area contributed by atoms with Crippen molar-refractivity contribution in [1.82, 2.24) is 0 Å². The fourth-order valence-electron chi connectivity index (χ4n) is 5.43. The van der Waals surface area contributed by atoms with Gasteiger partial charge < -0.3 is 18.8 Å². The normalized spacial score (nSPS) is 36.0. The van der Waals surface area contributed by atoms with Gasteiger partial charge in [-0.25, -0.2) is 0 Å². The first-order valence-corrected chi connectivity index (χ1v) is 9.87. The van der Waals surface area contributed by atoms with Gasteiger partial charge in [0, 0.05) is 19.8 Å². The van der Waals surface area contributed by atoms with Crippen LogP contribution < -0.4 is 0 Å². The smallest absolute Gasteiger partial charge is 0.404 e. The molecule has 5 rings (SSSR count). The van der Waals surface area contributed by atoms with E-state index in [4.69, 9.17) is 30.4 Å². The Balaban J connectivity index is 1.54. The molecule has 1 aliphatic heterocycles. The summed E-state index contributed by atoms with van der Waals surface area (Å²) in [6.07, 6.45) is 2.04. The third-order valence-electron chi connectivity index (χ3n) is 7.14. The zero-order valence-electron chi connectivity index (χ0n) is 16.2. The summed E-state index contributed by atoms with van der Waals surface area (Å²) in [7, 11) is 2.82. The van der Waals surface area contributed by atoms with Crippen molar-refractivity contribution in [1.29, 1.82) is 0 Å². The van der Waals surface area contributed by atoms with Crippen LogP contribution in [-0.2, 0) is 18.8 Å². The van der Waals surface area contributed by atoms with Crippen molar-refractivity contribution in [2.24, 2.45) is 17.3 Å². The number of hydrogen-bond donors (Lipinski definition) is 0. The van der Waals surface area contributed by atoms with Crippen molar-refractivity contribution < 1.29 is 18.8 Å². The molecular weight excluding hydrogens is 350 g/mol. The van der Waals surface area contributed by atoms with Gasteiger partial charge in [-0.3, -0.25) is 0 Å². The molecule has 142 valence electrons. The van der Waals surface area contributed by atoms with Gasteiger partial charge in [0.25, 0.3) is 0 Å². The Hall–Kier alpha value is -0.585. The molecule has 3 saturated carbocycles. The fourth-order valence-corrected chi connectivity index (χ4v) is 5.67. The standard InChI is InChI=1S/C20H28BClO4/c1-19(2)14-10-15(19)20(3)16(11-14)25-21(26-20)17(22)12-7-6-8-13(9-12)18(23-4)24-5/h6-9,14-18H,10-11H2,1-5H3/t14?,15?,16?,17-,20+/m1/s1. The maximum atomic E-state index is 6.80. The second-order valence-corrected chi connectivity index (χ2v) is 9.18. The van der Waals surface area contributed by atoms with Crippen LogP contribution in [0.15, 0.2) is 24.3 Å². The summed E-state index contributed by atoms with van der Waals surface area (Å²) in [5.41, 5.74) is 1.98. The molecule has 6 heteroatoms. The molecule has 5 atom stereocenters. The molecule has 26 heavy (non-hydrogen) atoms. The van der Waals surface area contributed by atoms with E-state index in [1.165, 1.54) is 6.42 Å². The summed E-state index contributed by atoms with van der Waals surface area (Å²) >= 11 is 6.80. The molecule has 4 fully saturated rings. The fraction of sp³-hybridized carbons (Fsp3) is 0.700. The molecule has 3 aliphatic carbocycles. The molecule has 0 N–H and O–H groups in total. The van der Waals surface area contributed by atoms with Gasteiger partial charge in [-0.15, -0.1) is 11.6 Å². The van der Waals surface area contributed by atoms with Crippen LogP contribution in [0.5, 0.6) is 0 Å². The molecule has 1 saturated heterocycles. The van der Waals surface area contributed by atoms with Crippen molar-refractivity contribution in [3.8, 4) is 0 Å². The maximum Gasteiger partial charge on any atom is 0.481 e. The van der Waals surface area contributed by atoms with E-state index in [0.717, 1.165) is 23.5 Å². The minimum absolute atomic E-state index is 0.138. The van der Waals surface area contributed by atoms with Crippen molar-refractivity contribution >= 4 is 18.7 Å². The third-order valence-corrected chi connectivity index (χ3v) is 7.59. The first-order chi connectivity index (χ1) is 12.3. The SMILES string of the molecule is COC(OC)c1cccc([C@@H](Cl)B2OC3CC4CC(C4(C)C)[C@]3(C)O2)c1. The topological polar surface area (TPSA) is 36.9 Å². The first kappa shape index (κ1) is 18.8. The van der Waals surface area contributed by atoms with E-state index in [1.807, 2.05) is 24.3 Å². The Morgan fingerprint density at radius 1 is 1.15 bits per heavy atom. The Morgan fingerprint density at radius 2 is 1.85 bits per heavy atom. The van der Waals surface area contributed by atoms with Gasteiger partial charge in [-0.05, 0) is 48.6 Å². The predicted molar refractivity (Wildman–Crippen MR) is 102 cm³/mol. The van der Waals surface area contributed by atoms with Gasteiger partial charge in [0.2, 0.25) is 0 Å². The predicted octanol–water partition coefficient (Wildman–Crippen LogP) is 4.53. The van der Waals surface area contributed by atoms with E-state index in [2.05, 4.69) is 20.8 Å². The molecule has 1 aromatic rings. The largest absolute Gasteiger partial charge is 0.481 e. The molecule has 0 amide bonds. The zero-order valence-corrected chi connectivity index (χ0v) is 17.0. The van der Waals surface area contributed by atoms with Crippen molar-refractivity contribution in [3.63, 3.8) is 0 Å². The van der Waals surface area contributed by atoms with Crippen LogP contribution in [0, 0.1) is 17.3 Å². The van der Waals surface area contributed by atoms with E-state index < -0.39 is 13.4 Å². The van der Waals surface area contributed by atoms with Gasteiger partial charge in [0.15, 0.2) is 6.29 Å². The van der Waals surface area contributed by atoms with Crippen LogP contribution in [-0.4, -0.2) is 33.0 Å². The summed E-state index contributed by atoms with van der Waals surface area (Å²) in [6, 6.07) is 7.95. The van der Waals surface area contributed by atoms with Crippen molar-refractivity contribution in [3.05, 3.63) is 35.4 Å². The molecule has 2 bridgehead atoms. The van der Waals surface area contributed by atoms with Crippen LogP contribution in [0.4, 0.5) is 0 Å². The number of benzene rings is 1. The summed E-state index contributed by atoms with van der Waals surface area (Å²) in [6.45, 7) is 6.94. The van der Waals surface area contributed by atoms with Crippen LogP contribution >= 0.6 is 11.6 Å². The maximum absolute atomic E-state index is 6.80. The van der Waals surface area contributed by atoms with E-state index >= 15 is 0 Å². The molecule has 1 aromatic carbocycles. The van der Waals surface area contributed by atoms with Crippen LogP contribution in [0.3, 0.4) is 0 Å². The molecule has 3 unspecified atom stereocenters. The summed E-state index contributed by atoms with van der Waals surface area (Å²) < 4.78 is 23.5. The molecule has 0 spiro atoms. The summed E-state index contributed by atoms with van der Waals surface area (Å²) in [5, 5.41) is -0.368. The lowest BCUT2D eigenvalue weighted by atomic mass is 9.43. The zero-order chi connectivity index (χ0) is 18.7. The average molecular weight is 379 g/mol. The monoisotopic (exact) mass is 378 g/mol. The lowest BCUT2D eigenvalue weighted by Gasteiger charge is -2.64. The van der Waals surface area contributed by atoms with E-state index in [9.17, 15) is 0 Å². The highest BCUT2D eigenvalue weighted by atomic mass is 35.5. The Kier molecular flexibility index (Phi) is 4.68. The van der Waals surface area contributed by atoms with Crippen LogP contribution in [0.25, 0.3) is 0 Å². The number of rotatable bonds is 5. The minimum Gasteiger partial charge on any atom is -0.404 e. The van der Waals surface area contributed by atoms with Crippen LogP contribution in [0.1, 0.15) is 56.3 Å². The highest BCUT2D eigenvalue weighted by molar-refractivity contribution is 6.59. The minimum atomic E-state index is -0.430. The highest BCUT2D eigenvalue weighted by Gasteiger charge is 2.68. The Morgan fingerprint density at radius 3 is 2.50 bits per heavy atom. The third kappa shape index (κ3) is 2.67. The number of methoxy groups -OCH3 is 2. The second kappa shape index (κ2) is 6.49. The second-order valence-electron chi connectivity index (χ2n) is 8.71. The van der Waals surface area contributed by atoms with E-state index in [-0.39, 0.29) is 17.0 Å². The van der Waals surface area contributed by atoms with E-state index in [1.54, 1.807) is 14.2 Å². The molecule has 0 radical (unpaired) electrons. The molecular formula is C20H28BClO4. The Labute approximate surface area is 161 Å². The lowest BCUT2D eigenvalue weighted by Crippen LogP contribution is -2.65. The summed E-state index contributed by atoms with van der Waals surface area (Å²) in [4.78, 5) is 0. The Bertz CT molecular complexity index is 680. The van der Waals surface area contributed by atoms with E-state index in [0.29, 0.717) is 11.3 Å². The van der Waals surface area contributed by atoms with Gasteiger partial charge in [-0.2, -0.15) is 0 Å². The van der Waals surface area contributed by atoms with Gasteiger partial charge in [0.1, 0.15) is 0 Å². The van der Waals surface area contributed by atoms with Crippen molar-refractivity contribution in [2.75, 3.05) is 14.2 Å². The first-order valence-electron chi connectivity index (χ1n) is 9.44. The average Bonchev–Trinajstić information content (AvgIpc) is 2.99. The molecule has 4 aliphatic rings. The number of hydrogen-bond acceptors (Lipinski definition) is 4. The van der Waals surface area contributed by atoms with Gasteiger partial charge in [0.05, 0.1) is 17.0 Å². The van der Waals surface area contributed by atoms with Gasteiger partial charge >= 0.3 is 7.12 Å². The number of alkyl halides is 1. The highest BCUT2D eigenvalue weighted by Crippen LogP contribution is 2.66.